The average molecular weight is 250 g/mol. The molecule has 0 saturated carbocycles. The summed E-state index contributed by atoms with van der Waals surface area (Å²) in [5.41, 5.74) is 3.61. The fraction of sp³-hybridized carbons (Fsp3) is 0.125. The standard InChI is InChI=1S/C16H13NO2/c1-9-5-3-7-11-13(16(18)19)12-8-4-6-10(2)15(12)17-14(9)11/h3-8H,1-2H3,(H,18,19)/p-1. The van der Waals surface area contributed by atoms with Crippen molar-refractivity contribution < 1.29 is 9.90 Å². The van der Waals surface area contributed by atoms with Crippen LogP contribution >= 0.6 is 0 Å². The minimum absolute atomic E-state index is 0.229. The van der Waals surface area contributed by atoms with Crippen LogP contribution in [0.1, 0.15) is 21.5 Å². The second-order valence-corrected chi connectivity index (χ2v) is 4.72. The Hall–Kier alpha value is -2.42. The lowest BCUT2D eigenvalue weighted by atomic mass is 9.99. The van der Waals surface area contributed by atoms with Crippen LogP contribution in [0.25, 0.3) is 21.8 Å². The maximum absolute atomic E-state index is 11.5. The van der Waals surface area contributed by atoms with Crippen LogP contribution in [-0.4, -0.2) is 11.0 Å². The molecule has 0 radical (unpaired) electrons. The van der Waals surface area contributed by atoms with Gasteiger partial charge in [-0.1, -0.05) is 36.4 Å². The lowest BCUT2D eigenvalue weighted by Gasteiger charge is -2.13. The number of aromatic nitrogens is 1. The van der Waals surface area contributed by atoms with Crippen LogP contribution in [-0.2, 0) is 0 Å². The van der Waals surface area contributed by atoms with Crippen molar-refractivity contribution in [2.45, 2.75) is 13.8 Å². The SMILES string of the molecule is Cc1cccc2c(C(=O)[O-])c3cccc(C)c3nc12. The minimum atomic E-state index is -1.16. The van der Waals surface area contributed by atoms with E-state index in [0.717, 1.165) is 22.2 Å². The number of pyridine rings is 1. The largest absolute Gasteiger partial charge is 0.545 e. The van der Waals surface area contributed by atoms with Crippen molar-refractivity contribution in [1.29, 1.82) is 0 Å². The van der Waals surface area contributed by atoms with Crippen molar-refractivity contribution in [2.75, 3.05) is 0 Å². The van der Waals surface area contributed by atoms with Gasteiger partial charge in [-0.3, -0.25) is 0 Å². The number of rotatable bonds is 1. The third kappa shape index (κ3) is 1.66. The number of hydrogen-bond donors (Lipinski definition) is 0. The summed E-state index contributed by atoms with van der Waals surface area (Å²) in [5, 5.41) is 12.8. The van der Waals surface area contributed by atoms with Crippen LogP contribution in [0.3, 0.4) is 0 Å². The summed E-state index contributed by atoms with van der Waals surface area (Å²) in [4.78, 5) is 16.1. The number of aromatic carboxylic acids is 1. The van der Waals surface area contributed by atoms with Gasteiger partial charge < -0.3 is 9.90 Å². The van der Waals surface area contributed by atoms with Gasteiger partial charge in [0, 0.05) is 16.3 Å². The van der Waals surface area contributed by atoms with Gasteiger partial charge in [-0.25, -0.2) is 4.98 Å². The summed E-state index contributed by atoms with van der Waals surface area (Å²) >= 11 is 0. The van der Waals surface area contributed by atoms with E-state index in [1.807, 2.05) is 38.1 Å². The number of nitrogens with zero attached hydrogens (tertiary/aromatic N) is 1. The van der Waals surface area contributed by atoms with E-state index in [9.17, 15) is 9.90 Å². The van der Waals surface area contributed by atoms with Crippen LogP contribution in [0.5, 0.6) is 0 Å². The highest BCUT2D eigenvalue weighted by molar-refractivity contribution is 6.13. The zero-order valence-corrected chi connectivity index (χ0v) is 10.7. The van der Waals surface area contributed by atoms with Crippen molar-refractivity contribution in [3.63, 3.8) is 0 Å². The number of hydrogen-bond acceptors (Lipinski definition) is 3. The lowest BCUT2D eigenvalue weighted by molar-refractivity contribution is -0.254. The number of carbonyl (C=O) groups is 1. The summed E-state index contributed by atoms with van der Waals surface area (Å²) in [6.45, 7) is 3.86. The average Bonchev–Trinajstić information content (AvgIpc) is 2.37. The van der Waals surface area contributed by atoms with E-state index < -0.39 is 5.97 Å². The molecule has 94 valence electrons. The monoisotopic (exact) mass is 250 g/mol. The molecular weight excluding hydrogens is 238 g/mol. The van der Waals surface area contributed by atoms with Crippen molar-refractivity contribution in [1.82, 2.24) is 4.98 Å². The molecule has 3 heteroatoms. The van der Waals surface area contributed by atoms with Crippen LogP contribution < -0.4 is 5.11 Å². The molecule has 19 heavy (non-hydrogen) atoms. The lowest BCUT2D eigenvalue weighted by Crippen LogP contribution is -2.23. The van der Waals surface area contributed by atoms with E-state index in [4.69, 9.17) is 0 Å². The van der Waals surface area contributed by atoms with Gasteiger partial charge in [0.1, 0.15) is 0 Å². The molecule has 0 aliphatic carbocycles. The number of carboxylic acids is 1. The molecule has 0 unspecified atom stereocenters. The number of fused-ring (bicyclic) bond motifs is 2. The number of aryl methyl sites for hydroxylation is 2. The maximum Gasteiger partial charge on any atom is 0.0745 e. The van der Waals surface area contributed by atoms with E-state index in [2.05, 4.69) is 4.98 Å². The molecular formula is C16H12NO2-. The third-order valence-electron chi connectivity index (χ3n) is 3.44. The molecule has 3 nitrogen and oxygen atoms in total. The zero-order chi connectivity index (χ0) is 13.6. The van der Waals surface area contributed by atoms with Gasteiger partial charge in [-0.2, -0.15) is 0 Å². The van der Waals surface area contributed by atoms with E-state index >= 15 is 0 Å². The predicted molar refractivity (Wildman–Crippen MR) is 73.1 cm³/mol. The highest BCUT2D eigenvalue weighted by Gasteiger charge is 2.12. The van der Waals surface area contributed by atoms with Crippen molar-refractivity contribution in [2.24, 2.45) is 0 Å². The molecule has 1 heterocycles. The van der Waals surface area contributed by atoms with Crippen molar-refractivity contribution >= 4 is 27.8 Å². The Balaban J connectivity index is 2.66. The molecule has 0 spiro atoms. The van der Waals surface area contributed by atoms with Gasteiger partial charge >= 0.3 is 0 Å². The molecule has 1 aromatic heterocycles. The van der Waals surface area contributed by atoms with Crippen LogP contribution in [0.15, 0.2) is 36.4 Å². The van der Waals surface area contributed by atoms with Gasteiger partial charge in [0.05, 0.1) is 17.0 Å². The Morgan fingerprint density at radius 2 is 1.42 bits per heavy atom. The topological polar surface area (TPSA) is 53.0 Å². The molecule has 0 aliphatic rings. The fourth-order valence-corrected chi connectivity index (χ4v) is 2.50. The Labute approximate surface area is 110 Å². The molecule has 0 fully saturated rings. The second kappa shape index (κ2) is 4.05. The van der Waals surface area contributed by atoms with Gasteiger partial charge in [0.25, 0.3) is 0 Å². The molecule has 0 amide bonds. The zero-order valence-electron chi connectivity index (χ0n) is 10.7. The first-order chi connectivity index (χ1) is 9.09. The number of para-hydroxylation sites is 2. The number of carboxylic acid groups (broad SMARTS) is 1. The second-order valence-electron chi connectivity index (χ2n) is 4.72. The van der Waals surface area contributed by atoms with Crippen LogP contribution in [0.4, 0.5) is 0 Å². The number of carbonyl (C=O) groups excluding carboxylic acids is 1. The van der Waals surface area contributed by atoms with E-state index in [1.165, 1.54) is 0 Å². The van der Waals surface area contributed by atoms with Crippen molar-refractivity contribution in [3.8, 4) is 0 Å². The molecule has 0 bridgehead atoms. The summed E-state index contributed by atoms with van der Waals surface area (Å²) < 4.78 is 0. The third-order valence-corrected chi connectivity index (χ3v) is 3.44. The molecule has 2 aromatic carbocycles. The summed E-state index contributed by atoms with van der Waals surface area (Å²) in [7, 11) is 0. The fourth-order valence-electron chi connectivity index (χ4n) is 2.50. The van der Waals surface area contributed by atoms with Crippen LogP contribution in [0.2, 0.25) is 0 Å². The maximum atomic E-state index is 11.5. The predicted octanol–water partition coefficient (Wildman–Crippen LogP) is 2.37. The normalized spacial score (nSPS) is 11.1. The van der Waals surface area contributed by atoms with Gasteiger partial charge in [0.2, 0.25) is 0 Å². The summed E-state index contributed by atoms with van der Waals surface area (Å²) in [5.74, 6) is -1.16. The summed E-state index contributed by atoms with van der Waals surface area (Å²) in [6.07, 6.45) is 0. The highest BCUT2D eigenvalue weighted by atomic mass is 16.4. The Morgan fingerprint density at radius 1 is 0.947 bits per heavy atom. The molecule has 0 atom stereocenters. The Kier molecular flexibility index (Phi) is 2.49. The highest BCUT2D eigenvalue weighted by Crippen LogP contribution is 2.28. The van der Waals surface area contributed by atoms with Gasteiger partial charge in [-0.15, -0.1) is 0 Å². The molecule has 0 aliphatic heterocycles. The molecule has 0 saturated heterocycles. The Bertz CT molecular complexity index is 762. The Morgan fingerprint density at radius 3 is 1.84 bits per heavy atom. The van der Waals surface area contributed by atoms with E-state index in [0.29, 0.717) is 10.8 Å². The van der Waals surface area contributed by atoms with Gasteiger partial charge in [-0.05, 0) is 25.0 Å². The first-order valence-corrected chi connectivity index (χ1v) is 6.09. The molecule has 0 N–H and O–H groups in total. The molecule has 3 rings (SSSR count). The summed E-state index contributed by atoms with van der Waals surface area (Å²) in [6, 6.07) is 11.1. The minimum Gasteiger partial charge on any atom is -0.545 e. The number of benzene rings is 2. The first kappa shape index (κ1) is 11.7. The quantitative estimate of drug-likeness (QED) is 0.623. The van der Waals surface area contributed by atoms with Crippen LogP contribution in [0, 0.1) is 13.8 Å². The van der Waals surface area contributed by atoms with E-state index in [-0.39, 0.29) is 5.56 Å². The first-order valence-electron chi connectivity index (χ1n) is 6.09. The van der Waals surface area contributed by atoms with Crippen molar-refractivity contribution in [3.05, 3.63) is 53.1 Å². The molecule has 3 aromatic rings. The van der Waals surface area contributed by atoms with Gasteiger partial charge in [0.15, 0.2) is 0 Å². The van der Waals surface area contributed by atoms with E-state index in [1.54, 1.807) is 12.1 Å². The smallest absolute Gasteiger partial charge is 0.0745 e.